The zero-order chi connectivity index (χ0) is 16.0. The van der Waals surface area contributed by atoms with Crippen LogP contribution in [0.3, 0.4) is 0 Å². The molecular weight excluding hydrogens is 315 g/mol. The van der Waals surface area contributed by atoms with Crippen LogP contribution in [0.25, 0.3) is 0 Å². The van der Waals surface area contributed by atoms with Crippen molar-refractivity contribution >= 4 is 10.8 Å². The fourth-order valence-electron chi connectivity index (χ4n) is 3.99. The van der Waals surface area contributed by atoms with Gasteiger partial charge in [0.25, 0.3) is 0 Å². The van der Waals surface area contributed by atoms with E-state index in [1.807, 2.05) is 0 Å². The SMILES string of the molecule is O=S1C2CCCC1CC(O)(c1cc(F)ccc1OCC1CC1)C2. The predicted octanol–water partition coefficient (Wildman–Crippen LogP) is 3.27. The van der Waals surface area contributed by atoms with Gasteiger partial charge in [-0.05, 0) is 62.6 Å². The lowest BCUT2D eigenvalue weighted by Crippen LogP contribution is -2.47. The molecule has 1 aliphatic carbocycles. The molecule has 5 heteroatoms. The van der Waals surface area contributed by atoms with Gasteiger partial charge in [-0.3, -0.25) is 4.21 Å². The summed E-state index contributed by atoms with van der Waals surface area (Å²) in [5, 5.41) is 11.3. The van der Waals surface area contributed by atoms with Crippen LogP contribution >= 0.6 is 0 Å². The third-order valence-electron chi connectivity index (χ3n) is 5.45. The van der Waals surface area contributed by atoms with Crippen LogP contribution in [0.5, 0.6) is 5.75 Å². The van der Waals surface area contributed by atoms with Gasteiger partial charge in [-0.2, -0.15) is 0 Å². The van der Waals surface area contributed by atoms with E-state index < -0.39 is 16.4 Å². The first-order chi connectivity index (χ1) is 11.0. The number of hydrogen-bond donors (Lipinski definition) is 1. The molecule has 0 amide bonds. The summed E-state index contributed by atoms with van der Waals surface area (Å²) in [5.74, 6) is 0.830. The second kappa shape index (κ2) is 5.85. The Morgan fingerprint density at radius 3 is 2.57 bits per heavy atom. The van der Waals surface area contributed by atoms with Crippen molar-refractivity contribution in [2.75, 3.05) is 6.61 Å². The molecule has 3 fully saturated rings. The lowest BCUT2D eigenvalue weighted by Gasteiger charge is -2.44. The average Bonchev–Trinajstić information content (AvgIpc) is 3.32. The van der Waals surface area contributed by atoms with Crippen LogP contribution in [0.4, 0.5) is 4.39 Å². The van der Waals surface area contributed by atoms with Crippen molar-refractivity contribution < 1.29 is 18.4 Å². The number of fused-ring (bicyclic) bond motifs is 2. The number of ether oxygens (including phenoxy) is 1. The molecule has 2 saturated heterocycles. The van der Waals surface area contributed by atoms with Crippen molar-refractivity contribution in [1.29, 1.82) is 0 Å². The van der Waals surface area contributed by atoms with Crippen LogP contribution in [0.2, 0.25) is 0 Å². The van der Waals surface area contributed by atoms with Crippen LogP contribution in [0, 0.1) is 11.7 Å². The number of hydrogen-bond acceptors (Lipinski definition) is 3. The molecule has 2 unspecified atom stereocenters. The maximum Gasteiger partial charge on any atom is 0.125 e. The van der Waals surface area contributed by atoms with Gasteiger partial charge >= 0.3 is 0 Å². The van der Waals surface area contributed by atoms with Gasteiger partial charge in [0.1, 0.15) is 11.6 Å². The summed E-state index contributed by atoms with van der Waals surface area (Å²) in [4.78, 5) is 0. The molecule has 1 saturated carbocycles. The second-order valence-electron chi connectivity index (χ2n) is 7.34. The Kier molecular flexibility index (Phi) is 3.96. The highest BCUT2D eigenvalue weighted by Gasteiger charge is 2.47. The molecule has 3 nitrogen and oxygen atoms in total. The summed E-state index contributed by atoms with van der Waals surface area (Å²) in [6.07, 6.45) is 6.11. The normalized spacial score (nSPS) is 36.7. The van der Waals surface area contributed by atoms with E-state index in [0.717, 1.165) is 19.3 Å². The largest absolute Gasteiger partial charge is 0.493 e. The number of rotatable bonds is 4. The Bertz CT molecular complexity index is 613. The van der Waals surface area contributed by atoms with Crippen molar-refractivity contribution in [3.05, 3.63) is 29.6 Å². The first-order valence-electron chi connectivity index (χ1n) is 8.60. The van der Waals surface area contributed by atoms with E-state index in [2.05, 4.69) is 0 Å². The standard InChI is InChI=1S/C18H23FO3S/c19-13-6-7-17(22-11-12-4-5-12)16(8-13)18(20)9-14-2-1-3-15(10-18)23(14)21/h6-8,12,14-15,20H,1-5,9-11H2. The number of aliphatic hydroxyl groups is 1. The highest BCUT2D eigenvalue weighted by Crippen LogP contribution is 2.47. The van der Waals surface area contributed by atoms with Gasteiger partial charge < -0.3 is 9.84 Å². The molecule has 4 rings (SSSR count). The Morgan fingerprint density at radius 2 is 1.91 bits per heavy atom. The topological polar surface area (TPSA) is 46.5 Å². The summed E-state index contributed by atoms with van der Waals surface area (Å²) < 4.78 is 32.1. The molecule has 1 N–H and O–H groups in total. The molecule has 1 aromatic rings. The van der Waals surface area contributed by atoms with Gasteiger partial charge in [0, 0.05) is 26.9 Å². The summed E-state index contributed by atoms with van der Waals surface area (Å²) >= 11 is 0. The molecule has 0 aromatic heterocycles. The summed E-state index contributed by atoms with van der Waals surface area (Å²) in [6.45, 7) is 0.632. The van der Waals surface area contributed by atoms with Gasteiger partial charge in [-0.15, -0.1) is 0 Å². The second-order valence-corrected chi connectivity index (χ2v) is 9.33. The van der Waals surface area contributed by atoms with Crippen LogP contribution in [0.15, 0.2) is 18.2 Å². The molecule has 0 radical (unpaired) electrons. The first kappa shape index (κ1) is 15.6. The number of halogens is 1. The molecule has 2 aliphatic heterocycles. The third kappa shape index (κ3) is 3.05. The maximum absolute atomic E-state index is 13.8. The minimum absolute atomic E-state index is 0.0204. The smallest absolute Gasteiger partial charge is 0.125 e. The summed E-state index contributed by atoms with van der Waals surface area (Å²) in [7, 11) is -0.864. The molecule has 23 heavy (non-hydrogen) atoms. The minimum Gasteiger partial charge on any atom is -0.493 e. The van der Waals surface area contributed by atoms with E-state index in [9.17, 15) is 13.7 Å². The first-order valence-corrected chi connectivity index (χ1v) is 9.87. The van der Waals surface area contributed by atoms with E-state index >= 15 is 0 Å². The summed E-state index contributed by atoms with van der Waals surface area (Å²) in [6, 6.07) is 4.43. The van der Waals surface area contributed by atoms with Crippen molar-refractivity contribution in [2.24, 2.45) is 5.92 Å². The van der Waals surface area contributed by atoms with Crippen LogP contribution in [0.1, 0.15) is 50.5 Å². The van der Waals surface area contributed by atoms with Crippen LogP contribution < -0.4 is 4.74 Å². The molecule has 3 aliphatic rings. The fraction of sp³-hybridized carbons (Fsp3) is 0.667. The highest BCUT2D eigenvalue weighted by molar-refractivity contribution is 7.86. The zero-order valence-electron chi connectivity index (χ0n) is 13.2. The zero-order valence-corrected chi connectivity index (χ0v) is 14.0. The Balaban J connectivity index is 1.64. The molecule has 0 spiro atoms. The molecule has 2 atom stereocenters. The Labute approximate surface area is 138 Å². The van der Waals surface area contributed by atoms with Crippen molar-refractivity contribution in [3.63, 3.8) is 0 Å². The lowest BCUT2D eigenvalue weighted by molar-refractivity contribution is 0.00366. The van der Waals surface area contributed by atoms with E-state index in [4.69, 9.17) is 4.74 Å². The third-order valence-corrected chi connectivity index (χ3v) is 7.57. The van der Waals surface area contributed by atoms with Gasteiger partial charge in [0.15, 0.2) is 0 Å². The molecular formula is C18H23FO3S. The molecule has 2 heterocycles. The highest BCUT2D eigenvalue weighted by atomic mass is 32.2. The van der Waals surface area contributed by atoms with Gasteiger partial charge in [0.05, 0.1) is 12.2 Å². The Morgan fingerprint density at radius 1 is 1.22 bits per heavy atom. The quantitative estimate of drug-likeness (QED) is 0.916. The number of benzene rings is 1. The van der Waals surface area contributed by atoms with E-state index in [1.165, 1.54) is 25.0 Å². The van der Waals surface area contributed by atoms with Crippen LogP contribution in [-0.2, 0) is 16.4 Å². The van der Waals surface area contributed by atoms with Gasteiger partial charge in [-0.25, -0.2) is 4.39 Å². The van der Waals surface area contributed by atoms with Gasteiger partial charge in [-0.1, -0.05) is 6.42 Å². The van der Waals surface area contributed by atoms with E-state index in [0.29, 0.717) is 36.7 Å². The van der Waals surface area contributed by atoms with E-state index in [-0.39, 0.29) is 16.3 Å². The summed E-state index contributed by atoms with van der Waals surface area (Å²) in [5.41, 5.74) is -0.572. The Hall–Kier alpha value is -0.940. The molecule has 1 aromatic carbocycles. The van der Waals surface area contributed by atoms with Crippen LogP contribution in [-0.4, -0.2) is 26.4 Å². The monoisotopic (exact) mass is 338 g/mol. The van der Waals surface area contributed by atoms with Crippen molar-refractivity contribution in [3.8, 4) is 5.75 Å². The van der Waals surface area contributed by atoms with E-state index in [1.54, 1.807) is 6.07 Å². The van der Waals surface area contributed by atoms with Gasteiger partial charge in [0.2, 0.25) is 0 Å². The minimum atomic E-state index is -1.12. The fourth-order valence-corrected chi connectivity index (χ4v) is 6.21. The average molecular weight is 338 g/mol. The van der Waals surface area contributed by atoms with Crippen molar-refractivity contribution in [2.45, 2.75) is 61.0 Å². The molecule has 2 bridgehead atoms. The maximum atomic E-state index is 13.8. The predicted molar refractivity (Wildman–Crippen MR) is 87.3 cm³/mol. The van der Waals surface area contributed by atoms with Crippen molar-refractivity contribution in [1.82, 2.24) is 0 Å². The molecule has 126 valence electrons. The lowest BCUT2D eigenvalue weighted by atomic mass is 9.80.